The molecule has 0 spiro atoms. The highest BCUT2D eigenvalue weighted by atomic mass is 14.6. The van der Waals surface area contributed by atoms with E-state index in [1.807, 2.05) is 25.4 Å². The van der Waals surface area contributed by atoms with Crippen LogP contribution >= 0.6 is 0 Å². The van der Waals surface area contributed by atoms with Gasteiger partial charge in [0.1, 0.15) is 0 Å². The number of rotatable bonds is 4. The molecule has 0 aliphatic carbocycles. The third-order valence-electron chi connectivity index (χ3n) is 1.96. The maximum atomic E-state index is 5.58. The summed E-state index contributed by atoms with van der Waals surface area (Å²) in [7, 11) is 1.81. The van der Waals surface area contributed by atoms with Crippen LogP contribution < -0.4 is 5.73 Å². The zero-order valence-electron chi connectivity index (χ0n) is 8.03. The number of hydrogen-bond acceptors (Lipinski definition) is 2. The summed E-state index contributed by atoms with van der Waals surface area (Å²) >= 11 is 0. The zero-order valence-corrected chi connectivity index (χ0v) is 8.03. The lowest BCUT2D eigenvalue weighted by atomic mass is 10.1. The molecular formula is C11H16N2. The van der Waals surface area contributed by atoms with Crippen LogP contribution in [0.2, 0.25) is 0 Å². The predicted molar refractivity (Wildman–Crippen MR) is 58.2 cm³/mol. The molecule has 0 heterocycles. The minimum absolute atomic E-state index is 0.832. The van der Waals surface area contributed by atoms with Gasteiger partial charge in [0, 0.05) is 12.7 Å². The molecule has 70 valence electrons. The molecule has 0 fully saturated rings. The molecule has 2 N–H and O–H groups in total. The van der Waals surface area contributed by atoms with E-state index in [0.717, 1.165) is 24.9 Å². The van der Waals surface area contributed by atoms with E-state index in [0.29, 0.717) is 0 Å². The molecule has 1 aromatic rings. The Bertz CT molecular complexity index is 262. The monoisotopic (exact) mass is 176 g/mol. The number of aryl methyl sites for hydroxylation is 1. The molecular weight excluding hydrogens is 160 g/mol. The number of nitrogens with zero attached hydrogens (tertiary/aromatic N) is 1. The lowest BCUT2D eigenvalue weighted by molar-refractivity contribution is 0.873. The van der Waals surface area contributed by atoms with Gasteiger partial charge in [-0.15, -0.1) is 0 Å². The Morgan fingerprint density at radius 3 is 2.62 bits per heavy atom. The van der Waals surface area contributed by atoms with Crippen LogP contribution in [0.1, 0.15) is 18.4 Å². The lowest BCUT2D eigenvalue weighted by Crippen LogP contribution is -1.88. The molecule has 2 nitrogen and oxygen atoms in total. The van der Waals surface area contributed by atoms with Gasteiger partial charge in [-0.05, 0) is 43.2 Å². The van der Waals surface area contributed by atoms with Crippen LogP contribution in [0.5, 0.6) is 0 Å². The third-order valence-corrected chi connectivity index (χ3v) is 1.96. The van der Waals surface area contributed by atoms with Crippen molar-refractivity contribution in [2.45, 2.75) is 19.3 Å². The molecule has 2 heteroatoms. The van der Waals surface area contributed by atoms with Gasteiger partial charge in [0.05, 0.1) is 0 Å². The van der Waals surface area contributed by atoms with Crippen LogP contribution in [-0.2, 0) is 6.42 Å². The van der Waals surface area contributed by atoms with Gasteiger partial charge in [-0.3, -0.25) is 0 Å². The summed E-state index contributed by atoms with van der Waals surface area (Å²) in [5.41, 5.74) is 7.76. The van der Waals surface area contributed by atoms with Crippen LogP contribution in [-0.4, -0.2) is 13.3 Å². The zero-order chi connectivity index (χ0) is 9.52. The molecule has 0 aromatic heterocycles. The van der Waals surface area contributed by atoms with Crippen molar-refractivity contribution in [1.82, 2.24) is 0 Å². The van der Waals surface area contributed by atoms with Gasteiger partial charge >= 0.3 is 0 Å². The molecule has 0 radical (unpaired) electrons. The summed E-state index contributed by atoms with van der Waals surface area (Å²) in [5.74, 6) is 0. The minimum Gasteiger partial charge on any atom is -0.399 e. The van der Waals surface area contributed by atoms with Crippen molar-refractivity contribution in [3.63, 3.8) is 0 Å². The number of aliphatic imine (C=N–C) groups is 1. The normalized spacial score (nSPS) is 10.8. The Balaban J connectivity index is 2.33. The summed E-state index contributed by atoms with van der Waals surface area (Å²) in [6.45, 7) is 0. The highest BCUT2D eigenvalue weighted by molar-refractivity contribution is 5.56. The van der Waals surface area contributed by atoms with E-state index < -0.39 is 0 Å². The Morgan fingerprint density at radius 2 is 2.00 bits per heavy atom. The van der Waals surface area contributed by atoms with Gasteiger partial charge in [0.2, 0.25) is 0 Å². The summed E-state index contributed by atoms with van der Waals surface area (Å²) in [6, 6.07) is 8.06. The minimum atomic E-state index is 0.832. The van der Waals surface area contributed by atoms with Crippen molar-refractivity contribution in [3.05, 3.63) is 29.8 Å². The Hall–Kier alpha value is -1.31. The molecule has 13 heavy (non-hydrogen) atoms. The Kier molecular flexibility index (Phi) is 4.03. The van der Waals surface area contributed by atoms with Crippen LogP contribution in [0.25, 0.3) is 0 Å². The van der Waals surface area contributed by atoms with Gasteiger partial charge in [0.25, 0.3) is 0 Å². The fourth-order valence-electron chi connectivity index (χ4n) is 1.21. The maximum absolute atomic E-state index is 5.58. The molecule has 1 rings (SSSR count). The van der Waals surface area contributed by atoms with E-state index >= 15 is 0 Å². The van der Waals surface area contributed by atoms with Gasteiger partial charge < -0.3 is 10.7 Å². The van der Waals surface area contributed by atoms with E-state index in [9.17, 15) is 0 Å². The van der Waals surface area contributed by atoms with Crippen LogP contribution in [0, 0.1) is 0 Å². The number of benzene rings is 1. The van der Waals surface area contributed by atoms with E-state index in [-0.39, 0.29) is 0 Å². The van der Waals surface area contributed by atoms with Crippen molar-refractivity contribution in [1.29, 1.82) is 0 Å². The summed E-state index contributed by atoms with van der Waals surface area (Å²) in [5, 5.41) is 0. The second-order valence-corrected chi connectivity index (χ2v) is 3.07. The fraction of sp³-hybridized carbons (Fsp3) is 0.364. The fourth-order valence-corrected chi connectivity index (χ4v) is 1.21. The molecule has 0 aliphatic heterocycles. The SMILES string of the molecule is C/N=C\CCCc1ccc(N)cc1. The molecule has 0 amide bonds. The van der Waals surface area contributed by atoms with Gasteiger partial charge in [-0.2, -0.15) is 0 Å². The van der Waals surface area contributed by atoms with E-state index in [2.05, 4.69) is 17.1 Å². The largest absolute Gasteiger partial charge is 0.399 e. The predicted octanol–water partition coefficient (Wildman–Crippen LogP) is 2.29. The molecule has 0 atom stereocenters. The van der Waals surface area contributed by atoms with Crippen molar-refractivity contribution in [2.75, 3.05) is 12.8 Å². The quantitative estimate of drug-likeness (QED) is 0.426. The molecule has 0 saturated heterocycles. The highest BCUT2D eigenvalue weighted by Crippen LogP contribution is 2.08. The molecule has 0 saturated carbocycles. The number of nitrogen functional groups attached to an aromatic ring is 1. The average Bonchev–Trinajstić information content (AvgIpc) is 2.15. The standard InChI is InChI=1S/C11H16N2/c1-13-9-3-2-4-10-5-7-11(12)8-6-10/h5-9H,2-4,12H2,1H3/b13-9-. The number of anilines is 1. The van der Waals surface area contributed by atoms with E-state index in [1.165, 1.54) is 5.56 Å². The Labute approximate surface area is 79.5 Å². The van der Waals surface area contributed by atoms with Crippen molar-refractivity contribution >= 4 is 11.9 Å². The maximum Gasteiger partial charge on any atom is 0.0314 e. The van der Waals surface area contributed by atoms with E-state index in [4.69, 9.17) is 5.73 Å². The lowest BCUT2D eigenvalue weighted by Gasteiger charge is -1.99. The van der Waals surface area contributed by atoms with Crippen LogP contribution in [0.15, 0.2) is 29.3 Å². The molecule has 0 unspecified atom stereocenters. The highest BCUT2D eigenvalue weighted by Gasteiger charge is 1.91. The van der Waals surface area contributed by atoms with Crippen molar-refractivity contribution < 1.29 is 0 Å². The van der Waals surface area contributed by atoms with Crippen molar-refractivity contribution in [3.8, 4) is 0 Å². The topological polar surface area (TPSA) is 38.4 Å². The molecule has 0 aliphatic rings. The van der Waals surface area contributed by atoms with E-state index in [1.54, 1.807) is 0 Å². The summed E-state index contributed by atoms with van der Waals surface area (Å²) < 4.78 is 0. The second kappa shape index (κ2) is 5.36. The first-order valence-electron chi connectivity index (χ1n) is 4.58. The average molecular weight is 176 g/mol. The number of unbranched alkanes of at least 4 members (excludes halogenated alkanes) is 1. The Morgan fingerprint density at radius 1 is 1.31 bits per heavy atom. The van der Waals surface area contributed by atoms with Crippen LogP contribution in [0.3, 0.4) is 0 Å². The van der Waals surface area contributed by atoms with Crippen molar-refractivity contribution in [2.24, 2.45) is 4.99 Å². The smallest absolute Gasteiger partial charge is 0.0314 e. The van der Waals surface area contributed by atoms with Gasteiger partial charge in [-0.1, -0.05) is 12.1 Å². The molecule has 1 aromatic carbocycles. The number of nitrogens with two attached hydrogens (primary N) is 1. The third kappa shape index (κ3) is 3.74. The molecule has 0 bridgehead atoms. The second-order valence-electron chi connectivity index (χ2n) is 3.07. The van der Waals surface area contributed by atoms with Gasteiger partial charge in [0.15, 0.2) is 0 Å². The first kappa shape index (κ1) is 9.78. The summed E-state index contributed by atoms with van der Waals surface area (Å²) in [4.78, 5) is 3.94. The number of hydrogen-bond donors (Lipinski definition) is 1. The first-order valence-corrected chi connectivity index (χ1v) is 4.58. The van der Waals surface area contributed by atoms with Gasteiger partial charge in [-0.25, -0.2) is 0 Å². The first-order chi connectivity index (χ1) is 6.33. The summed E-state index contributed by atoms with van der Waals surface area (Å²) in [6.07, 6.45) is 5.27. The van der Waals surface area contributed by atoms with Crippen LogP contribution in [0.4, 0.5) is 5.69 Å².